The van der Waals surface area contributed by atoms with Crippen molar-refractivity contribution in [2.45, 2.75) is 0 Å². The molecule has 0 aliphatic carbocycles. The monoisotopic (exact) mass is 316 g/mol. The minimum absolute atomic E-state index is 0.0154. The van der Waals surface area contributed by atoms with Crippen LogP contribution in [-0.4, -0.2) is 20.9 Å². The summed E-state index contributed by atoms with van der Waals surface area (Å²) in [5.41, 5.74) is 1.68. The fourth-order valence-corrected chi connectivity index (χ4v) is 2.20. The number of rotatable bonds is 3. The SMILES string of the molecule is O=C(O)c1cc(-c2ccc(F)cc2)nn1-c1ccc(Cl)cc1. The van der Waals surface area contributed by atoms with Crippen LogP contribution in [-0.2, 0) is 0 Å². The van der Waals surface area contributed by atoms with E-state index in [2.05, 4.69) is 5.10 Å². The van der Waals surface area contributed by atoms with Crippen LogP contribution in [0.4, 0.5) is 4.39 Å². The van der Waals surface area contributed by atoms with Crippen LogP contribution in [0.1, 0.15) is 10.5 Å². The van der Waals surface area contributed by atoms with Crippen LogP contribution in [0.25, 0.3) is 16.9 Å². The zero-order valence-corrected chi connectivity index (χ0v) is 12.0. The van der Waals surface area contributed by atoms with Gasteiger partial charge in [-0.25, -0.2) is 13.9 Å². The lowest BCUT2D eigenvalue weighted by atomic mass is 10.1. The third-order valence-electron chi connectivity index (χ3n) is 3.14. The highest BCUT2D eigenvalue weighted by molar-refractivity contribution is 6.30. The van der Waals surface area contributed by atoms with Crippen molar-refractivity contribution in [1.82, 2.24) is 9.78 Å². The number of benzene rings is 2. The van der Waals surface area contributed by atoms with Crippen molar-refractivity contribution in [1.29, 1.82) is 0 Å². The van der Waals surface area contributed by atoms with Gasteiger partial charge in [-0.15, -0.1) is 0 Å². The summed E-state index contributed by atoms with van der Waals surface area (Å²) in [5.74, 6) is -1.46. The highest BCUT2D eigenvalue weighted by Crippen LogP contribution is 2.23. The first-order chi connectivity index (χ1) is 10.5. The van der Waals surface area contributed by atoms with Crippen LogP contribution < -0.4 is 0 Å². The van der Waals surface area contributed by atoms with Crippen molar-refractivity contribution in [3.8, 4) is 16.9 Å². The Morgan fingerprint density at radius 3 is 2.32 bits per heavy atom. The number of hydrogen-bond donors (Lipinski definition) is 1. The van der Waals surface area contributed by atoms with Crippen molar-refractivity contribution < 1.29 is 14.3 Å². The Labute approximate surface area is 130 Å². The van der Waals surface area contributed by atoms with Gasteiger partial charge in [0, 0.05) is 10.6 Å². The Bertz CT molecular complexity index is 826. The van der Waals surface area contributed by atoms with Gasteiger partial charge in [0.05, 0.1) is 11.4 Å². The molecule has 0 bridgehead atoms. The van der Waals surface area contributed by atoms with E-state index in [4.69, 9.17) is 11.6 Å². The summed E-state index contributed by atoms with van der Waals surface area (Å²) in [5, 5.41) is 14.2. The first kappa shape index (κ1) is 14.3. The molecule has 3 rings (SSSR count). The maximum Gasteiger partial charge on any atom is 0.354 e. The number of aromatic nitrogens is 2. The maximum atomic E-state index is 13.0. The average Bonchev–Trinajstić information content (AvgIpc) is 2.94. The van der Waals surface area contributed by atoms with Gasteiger partial charge >= 0.3 is 5.97 Å². The topological polar surface area (TPSA) is 55.1 Å². The van der Waals surface area contributed by atoms with Gasteiger partial charge in [-0.1, -0.05) is 11.6 Å². The fourth-order valence-electron chi connectivity index (χ4n) is 2.07. The molecule has 110 valence electrons. The first-order valence-electron chi connectivity index (χ1n) is 6.40. The molecule has 0 aliphatic rings. The number of nitrogens with zero attached hydrogens (tertiary/aromatic N) is 2. The zero-order valence-electron chi connectivity index (χ0n) is 11.2. The second kappa shape index (κ2) is 5.61. The molecule has 0 radical (unpaired) electrons. The Hall–Kier alpha value is -2.66. The van der Waals surface area contributed by atoms with E-state index >= 15 is 0 Å². The van der Waals surface area contributed by atoms with Crippen LogP contribution in [0.3, 0.4) is 0 Å². The quantitative estimate of drug-likeness (QED) is 0.793. The Kier molecular flexibility index (Phi) is 3.65. The van der Waals surface area contributed by atoms with Crippen LogP contribution in [0.2, 0.25) is 5.02 Å². The van der Waals surface area contributed by atoms with Crippen molar-refractivity contribution in [3.05, 3.63) is 71.1 Å². The molecule has 6 heteroatoms. The number of carboxylic acid groups (broad SMARTS) is 1. The molecule has 0 aliphatic heterocycles. The molecule has 0 spiro atoms. The van der Waals surface area contributed by atoms with Gasteiger partial charge < -0.3 is 5.11 Å². The second-order valence-corrected chi connectivity index (χ2v) is 5.05. The van der Waals surface area contributed by atoms with E-state index in [0.717, 1.165) is 0 Å². The van der Waals surface area contributed by atoms with E-state index in [-0.39, 0.29) is 11.5 Å². The predicted molar refractivity (Wildman–Crippen MR) is 80.9 cm³/mol. The molecule has 0 fully saturated rings. The molecule has 0 amide bonds. The summed E-state index contributed by atoms with van der Waals surface area (Å²) >= 11 is 5.84. The summed E-state index contributed by atoms with van der Waals surface area (Å²) < 4.78 is 14.3. The Morgan fingerprint density at radius 2 is 1.73 bits per heavy atom. The molecule has 0 saturated heterocycles. The molecule has 1 aromatic heterocycles. The highest BCUT2D eigenvalue weighted by atomic mass is 35.5. The summed E-state index contributed by atoms with van der Waals surface area (Å²) in [6.07, 6.45) is 0. The van der Waals surface area contributed by atoms with E-state index in [0.29, 0.717) is 22.0 Å². The van der Waals surface area contributed by atoms with Crippen molar-refractivity contribution in [2.75, 3.05) is 0 Å². The number of halogens is 2. The van der Waals surface area contributed by atoms with E-state index in [1.54, 1.807) is 36.4 Å². The number of carboxylic acids is 1. The minimum Gasteiger partial charge on any atom is -0.477 e. The Morgan fingerprint density at radius 1 is 1.09 bits per heavy atom. The molecule has 1 heterocycles. The predicted octanol–water partition coefficient (Wildman–Crippen LogP) is 4.03. The smallest absolute Gasteiger partial charge is 0.354 e. The molecular weight excluding hydrogens is 307 g/mol. The van der Waals surface area contributed by atoms with Crippen LogP contribution in [0.15, 0.2) is 54.6 Å². The van der Waals surface area contributed by atoms with Gasteiger partial charge in [0.1, 0.15) is 5.82 Å². The lowest BCUT2D eigenvalue weighted by molar-refractivity contribution is 0.0687. The highest BCUT2D eigenvalue weighted by Gasteiger charge is 2.16. The van der Waals surface area contributed by atoms with Crippen LogP contribution in [0.5, 0.6) is 0 Å². The lowest BCUT2D eigenvalue weighted by Gasteiger charge is -2.04. The molecule has 3 aromatic rings. The van der Waals surface area contributed by atoms with E-state index in [1.165, 1.54) is 22.9 Å². The van der Waals surface area contributed by atoms with Crippen LogP contribution in [0, 0.1) is 5.82 Å². The van der Waals surface area contributed by atoms with E-state index < -0.39 is 5.97 Å². The summed E-state index contributed by atoms with van der Waals surface area (Å²) in [6.45, 7) is 0. The average molecular weight is 317 g/mol. The molecule has 0 saturated carbocycles. The molecule has 22 heavy (non-hydrogen) atoms. The Balaban J connectivity index is 2.11. The van der Waals surface area contributed by atoms with Gasteiger partial charge in [0.15, 0.2) is 5.69 Å². The lowest BCUT2D eigenvalue weighted by Crippen LogP contribution is -2.07. The number of aromatic carboxylic acids is 1. The normalized spacial score (nSPS) is 10.6. The first-order valence-corrected chi connectivity index (χ1v) is 6.77. The molecular formula is C16H10ClFN2O2. The zero-order chi connectivity index (χ0) is 15.7. The van der Waals surface area contributed by atoms with E-state index in [1.807, 2.05) is 0 Å². The minimum atomic E-state index is -1.10. The van der Waals surface area contributed by atoms with Gasteiger partial charge in [-0.3, -0.25) is 0 Å². The van der Waals surface area contributed by atoms with Crippen molar-refractivity contribution >= 4 is 17.6 Å². The van der Waals surface area contributed by atoms with Gasteiger partial charge in [0.25, 0.3) is 0 Å². The summed E-state index contributed by atoms with van der Waals surface area (Å²) in [4.78, 5) is 11.4. The summed E-state index contributed by atoms with van der Waals surface area (Å²) in [6, 6.07) is 13.8. The maximum absolute atomic E-state index is 13.0. The van der Waals surface area contributed by atoms with Crippen molar-refractivity contribution in [2.24, 2.45) is 0 Å². The third-order valence-corrected chi connectivity index (χ3v) is 3.39. The van der Waals surface area contributed by atoms with Gasteiger partial charge in [-0.05, 0) is 54.6 Å². The molecule has 1 N–H and O–H groups in total. The largest absolute Gasteiger partial charge is 0.477 e. The van der Waals surface area contributed by atoms with E-state index in [9.17, 15) is 14.3 Å². The standard InChI is InChI=1S/C16H10ClFN2O2/c17-11-3-7-13(8-4-11)20-15(16(21)22)9-14(19-20)10-1-5-12(18)6-2-10/h1-9H,(H,21,22). The van der Waals surface area contributed by atoms with Crippen LogP contribution >= 0.6 is 11.6 Å². The molecule has 4 nitrogen and oxygen atoms in total. The van der Waals surface area contributed by atoms with Gasteiger partial charge in [0.2, 0.25) is 0 Å². The molecule has 0 unspecified atom stereocenters. The number of hydrogen-bond acceptors (Lipinski definition) is 2. The fraction of sp³-hybridized carbons (Fsp3) is 0. The third kappa shape index (κ3) is 2.71. The second-order valence-electron chi connectivity index (χ2n) is 4.62. The number of carbonyl (C=O) groups is 1. The summed E-state index contributed by atoms with van der Waals surface area (Å²) in [7, 11) is 0. The van der Waals surface area contributed by atoms with Crippen molar-refractivity contribution in [3.63, 3.8) is 0 Å². The molecule has 0 atom stereocenters. The van der Waals surface area contributed by atoms with Gasteiger partial charge in [-0.2, -0.15) is 5.10 Å². The molecule has 2 aromatic carbocycles.